The highest BCUT2D eigenvalue weighted by Gasteiger charge is 2.19. The lowest BCUT2D eigenvalue weighted by atomic mass is 10.2. The summed E-state index contributed by atoms with van der Waals surface area (Å²) < 4.78 is 1.41. The average molecular weight is 390 g/mol. The number of hydrogen-bond donors (Lipinski definition) is 1. The van der Waals surface area contributed by atoms with Crippen LogP contribution in [0.5, 0.6) is 0 Å². The van der Waals surface area contributed by atoms with Gasteiger partial charge in [-0.1, -0.05) is 17.8 Å². The zero-order valence-electron chi connectivity index (χ0n) is 13.8. The first-order chi connectivity index (χ1) is 12.4. The molecule has 134 valence electrons. The second-order valence-corrected chi connectivity index (χ2v) is 7.66. The van der Waals surface area contributed by atoms with Gasteiger partial charge < -0.3 is 5.32 Å². The fourth-order valence-electron chi connectivity index (χ4n) is 2.24. The number of nitro groups is 1. The number of nitrogens with one attached hydrogen (secondary N) is 1. The summed E-state index contributed by atoms with van der Waals surface area (Å²) in [5.41, 5.74) is 0.0764. The van der Waals surface area contributed by atoms with E-state index in [4.69, 9.17) is 0 Å². The van der Waals surface area contributed by atoms with Gasteiger partial charge >= 0.3 is 0 Å². The summed E-state index contributed by atoms with van der Waals surface area (Å²) in [5.74, 6) is -0.337. The molecule has 8 nitrogen and oxygen atoms in total. The topological polar surface area (TPSA) is 107 Å². The number of anilines is 1. The van der Waals surface area contributed by atoms with E-state index in [1.54, 1.807) is 31.5 Å². The minimum absolute atomic E-state index is 0.102. The monoisotopic (exact) mass is 390 g/mol. The molecule has 3 aromatic rings. The summed E-state index contributed by atoms with van der Waals surface area (Å²) >= 11 is 2.52. The van der Waals surface area contributed by atoms with Crippen molar-refractivity contribution in [3.8, 4) is 0 Å². The van der Waals surface area contributed by atoms with Gasteiger partial charge in [-0.3, -0.25) is 24.3 Å². The molecule has 26 heavy (non-hydrogen) atoms. The van der Waals surface area contributed by atoms with Gasteiger partial charge in [0.05, 0.1) is 15.6 Å². The molecular weight excluding hydrogens is 376 g/mol. The van der Waals surface area contributed by atoms with E-state index in [0.717, 1.165) is 11.8 Å². The van der Waals surface area contributed by atoms with E-state index < -0.39 is 10.2 Å². The summed E-state index contributed by atoms with van der Waals surface area (Å²) in [6.07, 6.45) is 0. The van der Waals surface area contributed by atoms with Crippen molar-refractivity contribution in [1.29, 1.82) is 0 Å². The molecule has 0 bridgehead atoms. The number of nitro benzene ring substituents is 1. The molecular formula is C16H14N4O4S2. The number of carbonyl (C=O) groups excluding carboxylic acids is 1. The summed E-state index contributed by atoms with van der Waals surface area (Å²) in [6, 6.07) is 7.45. The van der Waals surface area contributed by atoms with Crippen LogP contribution >= 0.6 is 23.1 Å². The van der Waals surface area contributed by atoms with E-state index in [2.05, 4.69) is 10.3 Å². The molecule has 0 spiro atoms. The van der Waals surface area contributed by atoms with Crippen LogP contribution in [0.4, 0.5) is 11.4 Å². The Morgan fingerprint density at radius 3 is 2.92 bits per heavy atom. The van der Waals surface area contributed by atoms with Crippen molar-refractivity contribution < 1.29 is 9.72 Å². The predicted molar refractivity (Wildman–Crippen MR) is 102 cm³/mol. The van der Waals surface area contributed by atoms with Crippen molar-refractivity contribution in [2.75, 3.05) is 5.32 Å². The standard InChI is InChI=1S/C16H14N4O4S2/c1-9(13(21)17-10-4-3-5-11(8-10)20(23)24)26-16-18-14-12(6-7-25-14)15(22)19(16)2/h3-9H,1-2H3,(H,17,21). The molecule has 1 N–H and O–H groups in total. The van der Waals surface area contributed by atoms with E-state index in [9.17, 15) is 19.7 Å². The van der Waals surface area contributed by atoms with Crippen molar-refractivity contribution in [2.45, 2.75) is 17.3 Å². The summed E-state index contributed by atoms with van der Waals surface area (Å²) in [6.45, 7) is 1.68. The highest BCUT2D eigenvalue weighted by atomic mass is 32.2. The van der Waals surface area contributed by atoms with Gasteiger partial charge in [-0.05, 0) is 24.4 Å². The lowest BCUT2D eigenvalue weighted by Crippen LogP contribution is -2.25. The molecule has 2 heterocycles. The molecule has 0 aliphatic carbocycles. The number of amides is 1. The van der Waals surface area contributed by atoms with Gasteiger partial charge in [0.1, 0.15) is 4.83 Å². The molecule has 10 heteroatoms. The third-order valence-corrected chi connectivity index (χ3v) is 5.59. The van der Waals surface area contributed by atoms with Crippen molar-refractivity contribution in [3.63, 3.8) is 0 Å². The highest BCUT2D eigenvalue weighted by Crippen LogP contribution is 2.25. The fraction of sp³-hybridized carbons (Fsp3) is 0.188. The predicted octanol–water partition coefficient (Wildman–Crippen LogP) is 3.02. The van der Waals surface area contributed by atoms with Gasteiger partial charge in [0, 0.05) is 24.9 Å². The molecule has 2 aromatic heterocycles. The minimum atomic E-state index is -0.551. The Balaban J connectivity index is 1.77. The third kappa shape index (κ3) is 3.60. The van der Waals surface area contributed by atoms with Crippen LogP contribution in [-0.4, -0.2) is 25.6 Å². The summed E-state index contributed by atoms with van der Waals surface area (Å²) in [7, 11) is 1.61. The van der Waals surface area contributed by atoms with Gasteiger partial charge in [0.25, 0.3) is 11.2 Å². The van der Waals surface area contributed by atoms with Crippen LogP contribution in [0, 0.1) is 10.1 Å². The first-order valence-corrected chi connectivity index (χ1v) is 9.29. The maximum absolute atomic E-state index is 12.4. The molecule has 3 rings (SSSR count). The van der Waals surface area contributed by atoms with Gasteiger partial charge in [0.15, 0.2) is 5.16 Å². The molecule has 0 fully saturated rings. The minimum Gasteiger partial charge on any atom is -0.325 e. The van der Waals surface area contributed by atoms with E-state index in [1.165, 1.54) is 34.1 Å². The van der Waals surface area contributed by atoms with Crippen LogP contribution < -0.4 is 10.9 Å². The zero-order valence-corrected chi connectivity index (χ0v) is 15.5. The van der Waals surface area contributed by atoms with Crippen molar-refractivity contribution in [3.05, 3.63) is 56.2 Å². The van der Waals surface area contributed by atoms with Crippen molar-refractivity contribution >= 4 is 50.6 Å². The van der Waals surface area contributed by atoms with Gasteiger partial charge in [0.2, 0.25) is 5.91 Å². The number of hydrogen-bond acceptors (Lipinski definition) is 7. The number of carbonyl (C=O) groups is 1. The fourth-order valence-corrected chi connectivity index (χ4v) is 3.92. The molecule has 1 unspecified atom stereocenters. The van der Waals surface area contributed by atoms with Crippen LogP contribution in [0.15, 0.2) is 45.7 Å². The Morgan fingerprint density at radius 1 is 1.42 bits per heavy atom. The molecule has 0 radical (unpaired) electrons. The van der Waals surface area contributed by atoms with E-state index in [1.807, 2.05) is 0 Å². The van der Waals surface area contributed by atoms with Gasteiger partial charge in [-0.25, -0.2) is 4.98 Å². The number of nitrogens with zero attached hydrogens (tertiary/aromatic N) is 3. The first kappa shape index (κ1) is 18.1. The van der Waals surface area contributed by atoms with Gasteiger partial charge in [-0.2, -0.15) is 0 Å². The summed E-state index contributed by atoms with van der Waals surface area (Å²) in [4.78, 5) is 40.1. The SMILES string of the molecule is CC(Sc1nc2sccc2c(=O)n1C)C(=O)Nc1cccc([N+](=O)[O-])c1. The number of aromatic nitrogens is 2. The first-order valence-electron chi connectivity index (χ1n) is 7.53. The largest absolute Gasteiger partial charge is 0.325 e. The second kappa shape index (κ2) is 7.26. The van der Waals surface area contributed by atoms with Crippen LogP contribution in [0.2, 0.25) is 0 Å². The van der Waals surface area contributed by atoms with Crippen LogP contribution in [0.25, 0.3) is 10.2 Å². The molecule has 0 saturated heterocycles. The molecule has 0 aliphatic rings. The normalized spacial score (nSPS) is 12.1. The highest BCUT2D eigenvalue weighted by molar-refractivity contribution is 8.00. The number of thioether (sulfide) groups is 1. The lowest BCUT2D eigenvalue weighted by Gasteiger charge is -2.13. The number of thiophene rings is 1. The molecule has 1 aromatic carbocycles. The van der Waals surface area contributed by atoms with Crippen LogP contribution in [0.1, 0.15) is 6.92 Å². The Bertz CT molecular complexity index is 1060. The molecule has 1 amide bonds. The maximum atomic E-state index is 12.4. The molecule has 0 saturated carbocycles. The number of rotatable bonds is 5. The Hall–Kier alpha value is -2.72. The second-order valence-electron chi connectivity index (χ2n) is 5.45. The Kier molecular flexibility index (Phi) is 5.05. The van der Waals surface area contributed by atoms with Crippen molar-refractivity contribution in [1.82, 2.24) is 9.55 Å². The third-order valence-electron chi connectivity index (χ3n) is 3.64. The number of fused-ring (bicyclic) bond motifs is 1. The van der Waals surface area contributed by atoms with Gasteiger partial charge in [-0.15, -0.1) is 11.3 Å². The van der Waals surface area contributed by atoms with Crippen LogP contribution in [-0.2, 0) is 11.8 Å². The zero-order chi connectivity index (χ0) is 18.8. The molecule has 1 atom stereocenters. The Morgan fingerprint density at radius 2 is 2.19 bits per heavy atom. The van der Waals surface area contributed by atoms with Crippen LogP contribution in [0.3, 0.4) is 0 Å². The smallest absolute Gasteiger partial charge is 0.271 e. The van der Waals surface area contributed by atoms with E-state index >= 15 is 0 Å². The summed E-state index contributed by atoms with van der Waals surface area (Å²) in [5, 5.41) is 15.7. The van der Waals surface area contributed by atoms with E-state index in [-0.39, 0.29) is 17.2 Å². The lowest BCUT2D eigenvalue weighted by molar-refractivity contribution is -0.384. The molecule has 0 aliphatic heterocycles. The van der Waals surface area contributed by atoms with E-state index in [0.29, 0.717) is 21.1 Å². The maximum Gasteiger partial charge on any atom is 0.271 e. The number of benzene rings is 1. The average Bonchev–Trinajstić information content (AvgIpc) is 3.08. The number of non-ortho nitro benzene ring substituents is 1. The Labute approximate surface area is 156 Å². The van der Waals surface area contributed by atoms with Crippen molar-refractivity contribution in [2.24, 2.45) is 7.05 Å². The quantitative estimate of drug-likeness (QED) is 0.311.